The Morgan fingerprint density at radius 1 is 1.35 bits per heavy atom. The first kappa shape index (κ1) is 17.8. The lowest BCUT2D eigenvalue weighted by atomic mass is 10.2. The van der Waals surface area contributed by atoms with Crippen LogP contribution in [0.5, 0.6) is 0 Å². The predicted molar refractivity (Wildman–Crippen MR) is 97.7 cm³/mol. The molecule has 6 heteroatoms. The minimum Gasteiger partial charge on any atom is -0.345 e. The van der Waals surface area contributed by atoms with E-state index >= 15 is 0 Å². The van der Waals surface area contributed by atoms with E-state index < -0.39 is 6.04 Å². The van der Waals surface area contributed by atoms with Crippen molar-refractivity contribution >= 4 is 28.7 Å². The number of hydrogen-bond donors (Lipinski definition) is 2. The molecule has 0 aliphatic heterocycles. The summed E-state index contributed by atoms with van der Waals surface area (Å²) >= 11 is 1.70. The van der Waals surface area contributed by atoms with Crippen molar-refractivity contribution in [2.75, 3.05) is 12.0 Å². The van der Waals surface area contributed by atoms with Gasteiger partial charge >= 0.3 is 0 Å². The molecule has 3 N–H and O–H groups in total. The Hall–Kier alpha value is -1.53. The third-order valence-electron chi connectivity index (χ3n) is 3.86. The van der Waals surface area contributed by atoms with Crippen LogP contribution in [-0.4, -0.2) is 33.5 Å². The van der Waals surface area contributed by atoms with Crippen molar-refractivity contribution in [3.8, 4) is 0 Å². The maximum Gasteiger partial charge on any atom is 0.237 e. The first-order valence-corrected chi connectivity index (χ1v) is 9.36. The van der Waals surface area contributed by atoms with E-state index in [-0.39, 0.29) is 18.0 Å². The van der Waals surface area contributed by atoms with Crippen LogP contribution in [0.25, 0.3) is 11.0 Å². The second-order valence-electron chi connectivity index (χ2n) is 6.04. The smallest absolute Gasteiger partial charge is 0.237 e. The zero-order valence-corrected chi connectivity index (χ0v) is 15.1. The molecule has 1 aromatic carbocycles. The summed E-state index contributed by atoms with van der Waals surface area (Å²) in [6.45, 7) is 6.20. The molecular weight excluding hydrogens is 308 g/mol. The molecule has 1 unspecified atom stereocenters. The van der Waals surface area contributed by atoms with Crippen LogP contribution in [0, 0.1) is 0 Å². The largest absolute Gasteiger partial charge is 0.345 e. The molecule has 1 aromatic heterocycles. The second kappa shape index (κ2) is 7.84. The van der Waals surface area contributed by atoms with Crippen molar-refractivity contribution in [3.05, 3.63) is 30.1 Å². The highest BCUT2D eigenvalue weighted by Crippen LogP contribution is 2.24. The van der Waals surface area contributed by atoms with Gasteiger partial charge in [0, 0.05) is 6.04 Å². The highest BCUT2D eigenvalue weighted by Gasteiger charge is 2.22. The molecule has 0 aliphatic rings. The zero-order chi connectivity index (χ0) is 17.0. The quantitative estimate of drug-likeness (QED) is 0.816. The summed E-state index contributed by atoms with van der Waals surface area (Å²) in [5, 5.41) is 3.00. The van der Waals surface area contributed by atoms with Crippen LogP contribution >= 0.6 is 11.8 Å². The standard InChI is InChI=1S/C17H26N4OS/c1-11(2)21-15-8-6-5-7-14(15)20-16(21)12(3)19-17(22)13(18)9-10-23-4/h5-8,11-13H,9-10,18H2,1-4H3,(H,19,22)/t12?,13-/m0/s1. The Morgan fingerprint density at radius 3 is 2.70 bits per heavy atom. The Morgan fingerprint density at radius 2 is 2.04 bits per heavy atom. The molecule has 0 radical (unpaired) electrons. The summed E-state index contributed by atoms with van der Waals surface area (Å²) in [5.41, 5.74) is 7.99. The number of benzene rings is 1. The van der Waals surface area contributed by atoms with Crippen molar-refractivity contribution in [1.29, 1.82) is 0 Å². The number of para-hydroxylation sites is 2. The SMILES string of the molecule is CSCC[C@H](N)C(=O)NC(C)c1nc2ccccc2n1C(C)C. The van der Waals surface area contributed by atoms with Gasteiger partial charge in [0.05, 0.1) is 23.1 Å². The summed E-state index contributed by atoms with van der Waals surface area (Å²) in [5.74, 6) is 1.63. The van der Waals surface area contributed by atoms with Gasteiger partial charge < -0.3 is 15.6 Å². The molecule has 0 saturated carbocycles. The lowest BCUT2D eigenvalue weighted by molar-refractivity contribution is -0.123. The summed E-state index contributed by atoms with van der Waals surface area (Å²) in [6.07, 6.45) is 2.69. The highest BCUT2D eigenvalue weighted by molar-refractivity contribution is 7.98. The molecule has 0 saturated heterocycles. The van der Waals surface area contributed by atoms with E-state index in [9.17, 15) is 4.79 Å². The van der Waals surface area contributed by atoms with E-state index in [2.05, 4.69) is 29.8 Å². The van der Waals surface area contributed by atoms with Crippen LogP contribution in [0.15, 0.2) is 24.3 Å². The van der Waals surface area contributed by atoms with E-state index in [1.807, 2.05) is 31.4 Å². The number of nitrogens with one attached hydrogen (secondary N) is 1. The zero-order valence-electron chi connectivity index (χ0n) is 14.2. The van der Waals surface area contributed by atoms with Gasteiger partial charge in [-0.25, -0.2) is 4.98 Å². The summed E-state index contributed by atoms with van der Waals surface area (Å²) in [6, 6.07) is 7.65. The van der Waals surface area contributed by atoms with E-state index in [0.29, 0.717) is 6.42 Å². The predicted octanol–water partition coefficient (Wildman–Crippen LogP) is 2.87. The fourth-order valence-corrected chi connectivity index (χ4v) is 3.16. The van der Waals surface area contributed by atoms with Crippen molar-refractivity contribution in [3.63, 3.8) is 0 Å². The normalized spacial score (nSPS) is 14.2. The molecule has 126 valence electrons. The Labute approximate surface area is 142 Å². The van der Waals surface area contributed by atoms with Crippen molar-refractivity contribution in [2.24, 2.45) is 5.73 Å². The molecule has 2 rings (SSSR count). The van der Waals surface area contributed by atoms with Crippen LogP contribution in [-0.2, 0) is 4.79 Å². The fraction of sp³-hybridized carbons (Fsp3) is 0.529. The third kappa shape index (κ3) is 4.06. The van der Waals surface area contributed by atoms with E-state index in [4.69, 9.17) is 10.7 Å². The second-order valence-corrected chi connectivity index (χ2v) is 7.03. The fourth-order valence-electron chi connectivity index (χ4n) is 2.67. The number of imidazole rings is 1. The van der Waals surface area contributed by atoms with Gasteiger partial charge in [0.15, 0.2) is 0 Å². The maximum absolute atomic E-state index is 12.2. The number of carbonyl (C=O) groups is 1. The number of amides is 1. The topological polar surface area (TPSA) is 72.9 Å². The average molecular weight is 334 g/mol. The Kier molecular flexibility index (Phi) is 6.07. The van der Waals surface area contributed by atoms with Crippen molar-refractivity contribution in [1.82, 2.24) is 14.9 Å². The minimum absolute atomic E-state index is 0.117. The molecule has 5 nitrogen and oxygen atoms in total. The number of nitrogens with two attached hydrogens (primary N) is 1. The summed E-state index contributed by atoms with van der Waals surface area (Å²) < 4.78 is 2.17. The van der Waals surface area contributed by atoms with Gasteiger partial charge in [-0.15, -0.1) is 0 Å². The van der Waals surface area contributed by atoms with Gasteiger partial charge in [-0.3, -0.25) is 4.79 Å². The van der Waals surface area contributed by atoms with Gasteiger partial charge in [0.1, 0.15) is 5.82 Å². The van der Waals surface area contributed by atoms with Gasteiger partial charge in [0.2, 0.25) is 5.91 Å². The molecule has 1 heterocycles. The Balaban J connectivity index is 2.22. The van der Waals surface area contributed by atoms with Gasteiger partial charge in [-0.1, -0.05) is 12.1 Å². The van der Waals surface area contributed by atoms with Crippen LogP contribution in [0.3, 0.4) is 0 Å². The molecule has 0 fully saturated rings. The van der Waals surface area contributed by atoms with E-state index in [1.165, 1.54) is 0 Å². The molecule has 2 atom stereocenters. The Bertz CT molecular complexity index is 668. The van der Waals surface area contributed by atoms with Crippen LogP contribution in [0.2, 0.25) is 0 Å². The highest BCUT2D eigenvalue weighted by atomic mass is 32.2. The molecule has 2 aromatic rings. The number of rotatable bonds is 7. The van der Waals surface area contributed by atoms with E-state index in [0.717, 1.165) is 22.6 Å². The molecule has 0 aliphatic carbocycles. The van der Waals surface area contributed by atoms with Gasteiger partial charge in [0.25, 0.3) is 0 Å². The van der Waals surface area contributed by atoms with Crippen molar-refractivity contribution < 1.29 is 4.79 Å². The lowest BCUT2D eigenvalue weighted by Crippen LogP contribution is -2.42. The third-order valence-corrected chi connectivity index (χ3v) is 4.50. The number of fused-ring (bicyclic) bond motifs is 1. The first-order valence-electron chi connectivity index (χ1n) is 7.97. The average Bonchev–Trinajstić information content (AvgIpc) is 2.92. The number of nitrogens with zero attached hydrogens (tertiary/aromatic N) is 2. The minimum atomic E-state index is -0.471. The molecular formula is C17H26N4OS. The van der Waals surface area contributed by atoms with Crippen LogP contribution < -0.4 is 11.1 Å². The van der Waals surface area contributed by atoms with E-state index in [1.54, 1.807) is 11.8 Å². The maximum atomic E-state index is 12.2. The van der Waals surface area contributed by atoms with Gasteiger partial charge in [-0.05, 0) is 51.3 Å². The molecule has 0 spiro atoms. The molecule has 1 amide bonds. The first-order chi connectivity index (χ1) is 11.0. The van der Waals surface area contributed by atoms with Crippen molar-refractivity contribution in [2.45, 2.75) is 45.3 Å². The molecule has 0 bridgehead atoms. The number of carbonyl (C=O) groups excluding carboxylic acids is 1. The number of thioether (sulfide) groups is 1. The van der Waals surface area contributed by atoms with Crippen LogP contribution in [0.1, 0.15) is 45.1 Å². The monoisotopic (exact) mass is 334 g/mol. The summed E-state index contributed by atoms with van der Waals surface area (Å²) in [4.78, 5) is 17.0. The van der Waals surface area contributed by atoms with Gasteiger partial charge in [-0.2, -0.15) is 11.8 Å². The number of hydrogen-bond acceptors (Lipinski definition) is 4. The number of aromatic nitrogens is 2. The summed E-state index contributed by atoms with van der Waals surface area (Å²) in [7, 11) is 0. The van der Waals surface area contributed by atoms with Crippen LogP contribution in [0.4, 0.5) is 0 Å². The lowest BCUT2D eigenvalue weighted by Gasteiger charge is -2.20. The molecule has 23 heavy (non-hydrogen) atoms.